The Morgan fingerprint density at radius 1 is 1.43 bits per heavy atom. The van der Waals surface area contributed by atoms with E-state index in [0.717, 1.165) is 5.57 Å². The predicted molar refractivity (Wildman–Crippen MR) is 56.0 cm³/mol. The number of hydrogen-bond donors (Lipinski definition) is 0. The number of carbonyl (C=O) groups excluding carboxylic acids is 1. The van der Waals surface area contributed by atoms with Gasteiger partial charge in [0.1, 0.15) is 0 Å². The number of ether oxygens (including phenoxy) is 1. The van der Waals surface area contributed by atoms with E-state index < -0.39 is 0 Å². The van der Waals surface area contributed by atoms with E-state index in [-0.39, 0.29) is 11.5 Å². The molecular formula is C11H19NO2. The summed E-state index contributed by atoms with van der Waals surface area (Å²) in [5, 5.41) is 0. The number of amides is 1. The van der Waals surface area contributed by atoms with Crippen LogP contribution in [0, 0.1) is 0 Å². The molecule has 0 aromatic heterocycles. The molecule has 0 unspecified atom stereocenters. The fourth-order valence-corrected chi connectivity index (χ4v) is 1.54. The van der Waals surface area contributed by atoms with E-state index in [1.807, 2.05) is 32.6 Å². The number of rotatable bonds is 1. The smallest absolute Gasteiger partial charge is 0.246 e. The Morgan fingerprint density at radius 2 is 2.07 bits per heavy atom. The van der Waals surface area contributed by atoms with Crippen molar-refractivity contribution in [2.45, 2.75) is 33.3 Å². The first-order valence-corrected chi connectivity index (χ1v) is 4.98. The quantitative estimate of drug-likeness (QED) is 0.597. The van der Waals surface area contributed by atoms with Gasteiger partial charge in [0.15, 0.2) is 0 Å². The van der Waals surface area contributed by atoms with Crippen molar-refractivity contribution >= 4 is 5.91 Å². The fourth-order valence-electron chi connectivity index (χ4n) is 1.54. The van der Waals surface area contributed by atoms with Gasteiger partial charge in [-0.3, -0.25) is 4.79 Å². The Bertz CT molecular complexity index is 252. The largest absolute Gasteiger partial charge is 0.372 e. The Hall–Kier alpha value is -0.830. The molecule has 1 aliphatic rings. The number of morpholine rings is 1. The van der Waals surface area contributed by atoms with Crippen LogP contribution in [0.2, 0.25) is 0 Å². The summed E-state index contributed by atoms with van der Waals surface area (Å²) < 4.78 is 5.54. The summed E-state index contributed by atoms with van der Waals surface area (Å²) in [4.78, 5) is 13.5. The molecule has 0 saturated carbocycles. The first-order chi connectivity index (χ1) is 6.41. The van der Waals surface area contributed by atoms with Crippen LogP contribution in [-0.2, 0) is 9.53 Å². The van der Waals surface area contributed by atoms with E-state index in [9.17, 15) is 4.79 Å². The maximum absolute atomic E-state index is 11.7. The van der Waals surface area contributed by atoms with Gasteiger partial charge in [-0.05, 0) is 27.7 Å². The van der Waals surface area contributed by atoms with E-state index in [0.29, 0.717) is 19.7 Å². The van der Waals surface area contributed by atoms with Crippen molar-refractivity contribution in [1.82, 2.24) is 4.90 Å². The molecule has 1 amide bonds. The zero-order chi connectivity index (χ0) is 10.8. The second-order valence-electron chi connectivity index (χ2n) is 4.59. The molecule has 14 heavy (non-hydrogen) atoms. The van der Waals surface area contributed by atoms with Gasteiger partial charge in [-0.1, -0.05) is 5.57 Å². The van der Waals surface area contributed by atoms with Crippen molar-refractivity contribution in [3.05, 3.63) is 11.6 Å². The molecule has 0 aliphatic carbocycles. The van der Waals surface area contributed by atoms with Gasteiger partial charge in [0.05, 0.1) is 12.2 Å². The molecule has 1 heterocycles. The van der Waals surface area contributed by atoms with Crippen LogP contribution in [0.1, 0.15) is 27.7 Å². The molecule has 0 aromatic carbocycles. The van der Waals surface area contributed by atoms with E-state index >= 15 is 0 Å². The lowest BCUT2D eigenvalue weighted by atomic mass is 10.1. The number of nitrogens with zero attached hydrogens (tertiary/aromatic N) is 1. The summed E-state index contributed by atoms with van der Waals surface area (Å²) in [5.74, 6) is 0.0985. The minimum absolute atomic E-state index is 0.0985. The maximum Gasteiger partial charge on any atom is 0.246 e. The first kappa shape index (κ1) is 11.2. The number of carbonyl (C=O) groups is 1. The summed E-state index contributed by atoms with van der Waals surface area (Å²) in [6.07, 6.45) is 1.68. The van der Waals surface area contributed by atoms with Gasteiger partial charge in [0.2, 0.25) is 5.91 Å². The number of hydrogen-bond acceptors (Lipinski definition) is 2. The van der Waals surface area contributed by atoms with Crippen LogP contribution in [0.5, 0.6) is 0 Å². The van der Waals surface area contributed by atoms with Gasteiger partial charge >= 0.3 is 0 Å². The molecule has 0 radical (unpaired) electrons. The molecule has 0 atom stereocenters. The molecule has 3 heteroatoms. The van der Waals surface area contributed by atoms with Crippen LogP contribution in [0.3, 0.4) is 0 Å². The average Bonchev–Trinajstić information content (AvgIpc) is 2.01. The van der Waals surface area contributed by atoms with Crippen LogP contribution in [0.15, 0.2) is 11.6 Å². The van der Waals surface area contributed by atoms with Crippen LogP contribution in [-0.4, -0.2) is 36.1 Å². The Morgan fingerprint density at radius 3 is 2.57 bits per heavy atom. The lowest BCUT2D eigenvalue weighted by Crippen LogP contribution is -2.50. The van der Waals surface area contributed by atoms with Gasteiger partial charge < -0.3 is 9.64 Å². The van der Waals surface area contributed by atoms with Crippen LogP contribution < -0.4 is 0 Å². The topological polar surface area (TPSA) is 29.5 Å². The van der Waals surface area contributed by atoms with E-state index in [1.54, 1.807) is 6.08 Å². The molecule has 0 aromatic rings. The first-order valence-electron chi connectivity index (χ1n) is 4.98. The minimum Gasteiger partial charge on any atom is -0.372 e. The summed E-state index contributed by atoms with van der Waals surface area (Å²) in [7, 11) is 0. The van der Waals surface area contributed by atoms with Crippen molar-refractivity contribution < 1.29 is 9.53 Å². The lowest BCUT2D eigenvalue weighted by Gasteiger charge is -2.37. The molecule has 0 N–H and O–H groups in total. The van der Waals surface area contributed by atoms with Crippen LogP contribution in [0.25, 0.3) is 0 Å². The van der Waals surface area contributed by atoms with Gasteiger partial charge in [-0.15, -0.1) is 0 Å². The van der Waals surface area contributed by atoms with E-state index in [2.05, 4.69) is 0 Å². The third-order valence-electron chi connectivity index (χ3n) is 2.15. The monoisotopic (exact) mass is 197 g/mol. The summed E-state index contributed by atoms with van der Waals surface area (Å²) in [6, 6.07) is 0. The van der Waals surface area contributed by atoms with Gasteiger partial charge in [-0.25, -0.2) is 0 Å². The highest BCUT2D eigenvalue weighted by atomic mass is 16.5. The average molecular weight is 197 g/mol. The summed E-state index contributed by atoms with van der Waals surface area (Å²) in [5.41, 5.74) is 0.836. The molecule has 3 nitrogen and oxygen atoms in total. The van der Waals surface area contributed by atoms with Crippen molar-refractivity contribution in [3.8, 4) is 0 Å². The Labute approximate surface area is 85.7 Å². The molecular weight excluding hydrogens is 178 g/mol. The van der Waals surface area contributed by atoms with Gasteiger partial charge in [0, 0.05) is 19.2 Å². The predicted octanol–water partition coefficient (Wildman–Crippen LogP) is 1.59. The van der Waals surface area contributed by atoms with E-state index in [4.69, 9.17) is 4.74 Å². The van der Waals surface area contributed by atoms with Crippen LogP contribution >= 0.6 is 0 Å². The Kier molecular flexibility index (Phi) is 3.32. The molecule has 1 rings (SSSR count). The molecule has 0 bridgehead atoms. The standard InChI is InChI=1S/C11H19NO2/c1-9(2)7-10(13)12-5-6-14-11(3,4)8-12/h7H,5-6,8H2,1-4H3. The minimum atomic E-state index is -0.205. The molecule has 1 fully saturated rings. The highest BCUT2D eigenvalue weighted by Crippen LogP contribution is 2.16. The molecule has 80 valence electrons. The Balaban J connectivity index is 2.61. The zero-order valence-corrected chi connectivity index (χ0v) is 9.46. The zero-order valence-electron chi connectivity index (χ0n) is 9.46. The molecule has 1 saturated heterocycles. The normalized spacial score (nSPS) is 20.4. The van der Waals surface area contributed by atoms with Crippen molar-refractivity contribution in [3.63, 3.8) is 0 Å². The third kappa shape index (κ3) is 3.14. The van der Waals surface area contributed by atoms with E-state index in [1.165, 1.54) is 0 Å². The third-order valence-corrected chi connectivity index (χ3v) is 2.15. The fraction of sp³-hybridized carbons (Fsp3) is 0.727. The van der Waals surface area contributed by atoms with Crippen molar-refractivity contribution in [2.75, 3.05) is 19.7 Å². The number of allylic oxidation sites excluding steroid dienone is 1. The van der Waals surface area contributed by atoms with Crippen LogP contribution in [0.4, 0.5) is 0 Å². The maximum atomic E-state index is 11.7. The summed E-state index contributed by atoms with van der Waals surface area (Å²) >= 11 is 0. The second-order valence-corrected chi connectivity index (χ2v) is 4.59. The SMILES string of the molecule is CC(C)=CC(=O)N1CCOC(C)(C)C1. The summed E-state index contributed by atoms with van der Waals surface area (Å²) in [6.45, 7) is 9.90. The second kappa shape index (κ2) is 4.13. The van der Waals surface area contributed by atoms with Crippen molar-refractivity contribution in [2.24, 2.45) is 0 Å². The highest BCUT2D eigenvalue weighted by Gasteiger charge is 2.28. The van der Waals surface area contributed by atoms with Gasteiger partial charge in [0.25, 0.3) is 0 Å². The molecule has 1 aliphatic heterocycles. The highest BCUT2D eigenvalue weighted by molar-refractivity contribution is 5.88. The van der Waals surface area contributed by atoms with Gasteiger partial charge in [-0.2, -0.15) is 0 Å². The van der Waals surface area contributed by atoms with Crippen molar-refractivity contribution in [1.29, 1.82) is 0 Å². The lowest BCUT2D eigenvalue weighted by molar-refractivity contribution is -0.140. The molecule has 0 spiro atoms.